The first-order chi connectivity index (χ1) is 7.61. The fourth-order valence-electron chi connectivity index (χ4n) is 1.17. The van der Waals surface area contributed by atoms with Crippen LogP contribution in [0.3, 0.4) is 0 Å². The van der Waals surface area contributed by atoms with E-state index >= 15 is 0 Å². The Hall–Kier alpha value is -0.870. The molecule has 0 saturated heterocycles. The van der Waals surface area contributed by atoms with Crippen LogP contribution in [-0.4, -0.2) is 12.5 Å². The van der Waals surface area contributed by atoms with Gasteiger partial charge in [-0.2, -0.15) is 0 Å². The average molecular weight is 286 g/mol. The van der Waals surface area contributed by atoms with Crippen molar-refractivity contribution in [3.63, 3.8) is 0 Å². The lowest BCUT2D eigenvalue weighted by Gasteiger charge is -2.08. The van der Waals surface area contributed by atoms with Crippen LogP contribution in [0.2, 0.25) is 0 Å². The van der Waals surface area contributed by atoms with Crippen LogP contribution in [-0.2, 0) is 16.1 Å². The second kappa shape index (κ2) is 6.66. The van der Waals surface area contributed by atoms with Gasteiger partial charge in [-0.25, -0.2) is 0 Å². The topological polar surface area (TPSA) is 52.3 Å². The van der Waals surface area contributed by atoms with E-state index in [1.165, 1.54) is 0 Å². The molecule has 4 heteroatoms. The SMILES string of the molecule is CC(CN)CC(=O)OCc1ccc(Br)cc1. The van der Waals surface area contributed by atoms with E-state index in [2.05, 4.69) is 15.9 Å². The Balaban J connectivity index is 2.34. The molecule has 0 aliphatic rings. The molecular formula is C12H16BrNO2. The van der Waals surface area contributed by atoms with Crippen molar-refractivity contribution in [2.45, 2.75) is 20.0 Å². The molecule has 0 aliphatic carbocycles. The molecule has 88 valence electrons. The van der Waals surface area contributed by atoms with Crippen LogP contribution < -0.4 is 5.73 Å². The summed E-state index contributed by atoms with van der Waals surface area (Å²) >= 11 is 3.35. The lowest BCUT2D eigenvalue weighted by Crippen LogP contribution is -2.16. The molecule has 0 spiro atoms. The molecule has 0 bridgehead atoms. The molecule has 1 aromatic rings. The predicted molar refractivity (Wildman–Crippen MR) is 66.8 cm³/mol. The average Bonchev–Trinajstić information content (AvgIpc) is 2.28. The minimum absolute atomic E-state index is 0.178. The molecule has 1 rings (SSSR count). The highest BCUT2D eigenvalue weighted by molar-refractivity contribution is 9.10. The van der Waals surface area contributed by atoms with E-state index in [0.717, 1.165) is 10.0 Å². The van der Waals surface area contributed by atoms with Gasteiger partial charge in [0, 0.05) is 10.9 Å². The molecule has 3 nitrogen and oxygen atoms in total. The van der Waals surface area contributed by atoms with Crippen molar-refractivity contribution in [1.82, 2.24) is 0 Å². The quantitative estimate of drug-likeness (QED) is 0.846. The second-order valence-electron chi connectivity index (χ2n) is 3.83. The fraction of sp³-hybridized carbons (Fsp3) is 0.417. The number of benzene rings is 1. The van der Waals surface area contributed by atoms with Crippen molar-refractivity contribution in [3.05, 3.63) is 34.3 Å². The fourth-order valence-corrected chi connectivity index (χ4v) is 1.44. The van der Waals surface area contributed by atoms with Gasteiger partial charge >= 0.3 is 5.97 Å². The normalized spacial score (nSPS) is 12.2. The minimum Gasteiger partial charge on any atom is -0.461 e. The lowest BCUT2D eigenvalue weighted by molar-refractivity contribution is -0.145. The molecule has 0 saturated carbocycles. The zero-order valence-electron chi connectivity index (χ0n) is 9.28. The maximum atomic E-state index is 11.4. The van der Waals surface area contributed by atoms with Gasteiger partial charge in [0.05, 0.1) is 0 Å². The van der Waals surface area contributed by atoms with Crippen molar-refractivity contribution >= 4 is 21.9 Å². The van der Waals surface area contributed by atoms with Crippen molar-refractivity contribution in [1.29, 1.82) is 0 Å². The molecule has 0 heterocycles. The first kappa shape index (κ1) is 13.2. The van der Waals surface area contributed by atoms with Gasteiger partial charge < -0.3 is 10.5 Å². The summed E-state index contributed by atoms with van der Waals surface area (Å²) in [5.41, 5.74) is 6.41. The summed E-state index contributed by atoms with van der Waals surface area (Å²) in [6.45, 7) is 2.76. The molecule has 0 amide bonds. The Morgan fingerprint density at radius 3 is 2.62 bits per heavy atom. The van der Waals surface area contributed by atoms with E-state index in [4.69, 9.17) is 10.5 Å². The summed E-state index contributed by atoms with van der Waals surface area (Å²) in [5, 5.41) is 0. The number of hydrogen-bond acceptors (Lipinski definition) is 3. The summed E-state index contributed by atoms with van der Waals surface area (Å²) in [6.07, 6.45) is 0.382. The van der Waals surface area contributed by atoms with Crippen LogP contribution in [0, 0.1) is 5.92 Å². The highest BCUT2D eigenvalue weighted by Crippen LogP contribution is 2.11. The Labute approximate surface area is 104 Å². The third-order valence-corrected chi connectivity index (χ3v) is 2.76. The Morgan fingerprint density at radius 1 is 1.44 bits per heavy atom. The van der Waals surface area contributed by atoms with E-state index in [-0.39, 0.29) is 11.9 Å². The number of hydrogen-bond donors (Lipinski definition) is 1. The van der Waals surface area contributed by atoms with Gasteiger partial charge in [0.2, 0.25) is 0 Å². The van der Waals surface area contributed by atoms with E-state index < -0.39 is 0 Å². The maximum absolute atomic E-state index is 11.4. The molecule has 0 fully saturated rings. The molecule has 1 atom stereocenters. The third-order valence-electron chi connectivity index (χ3n) is 2.23. The zero-order valence-corrected chi connectivity index (χ0v) is 10.9. The predicted octanol–water partition coefficient (Wildman–Crippen LogP) is 2.48. The first-order valence-corrected chi connectivity index (χ1v) is 6.01. The van der Waals surface area contributed by atoms with E-state index in [0.29, 0.717) is 19.6 Å². The number of carbonyl (C=O) groups is 1. The van der Waals surface area contributed by atoms with Crippen LogP contribution in [0.1, 0.15) is 18.9 Å². The molecule has 0 radical (unpaired) electrons. The van der Waals surface area contributed by atoms with Gasteiger partial charge in [-0.05, 0) is 30.2 Å². The molecule has 16 heavy (non-hydrogen) atoms. The Bertz CT molecular complexity index is 337. The van der Waals surface area contributed by atoms with Gasteiger partial charge in [-0.3, -0.25) is 4.79 Å². The minimum atomic E-state index is -0.194. The van der Waals surface area contributed by atoms with Crippen LogP contribution in [0.4, 0.5) is 0 Å². The monoisotopic (exact) mass is 285 g/mol. The summed E-state index contributed by atoms with van der Waals surface area (Å²) in [6, 6.07) is 7.69. The van der Waals surface area contributed by atoms with Gasteiger partial charge in [0.25, 0.3) is 0 Å². The van der Waals surface area contributed by atoms with Crippen molar-refractivity contribution in [3.8, 4) is 0 Å². The molecule has 2 N–H and O–H groups in total. The molecule has 0 aromatic heterocycles. The second-order valence-corrected chi connectivity index (χ2v) is 4.75. The molecular weight excluding hydrogens is 270 g/mol. The number of halogens is 1. The molecule has 1 aromatic carbocycles. The van der Waals surface area contributed by atoms with Crippen molar-refractivity contribution in [2.75, 3.05) is 6.54 Å². The summed E-state index contributed by atoms with van der Waals surface area (Å²) < 4.78 is 6.14. The highest BCUT2D eigenvalue weighted by Gasteiger charge is 2.08. The van der Waals surface area contributed by atoms with Crippen molar-refractivity contribution < 1.29 is 9.53 Å². The van der Waals surface area contributed by atoms with Crippen LogP contribution in [0.25, 0.3) is 0 Å². The standard InChI is InChI=1S/C12H16BrNO2/c1-9(7-14)6-12(15)16-8-10-2-4-11(13)5-3-10/h2-5,9H,6-8,14H2,1H3. The number of rotatable bonds is 5. The number of esters is 1. The smallest absolute Gasteiger partial charge is 0.306 e. The third kappa shape index (κ3) is 4.77. The van der Waals surface area contributed by atoms with Crippen molar-refractivity contribution in [2.24, 2.45) is 11.7 Å². The number of nitrogens with two attached hydrogens (primary N) is 1. The van der Waals surface area contributed by atoms with Gasteiger partial charge in [0.15, 0.2) is 0 Å². The lowest BCUT2D eigenvalue weighted by atomic mass is 10.1. The number of ether oxygens (including phenoxy) is 1. The zero-order chi connectivity index (χ0) is 12.0. The molecule has 1 unspecified atom stereocenters. The summed E-state index contributed by atoms with van der Waals surface area (Å²) in [7, 11) is 0. The maximum Gasteiger partial charge on any atom is 0.306 e. The first-order valence-electron chi connectivity index (χ1n) is 5.22. The van der Waals surface area contributed by atoms with Crippen LogP contribution >= 0.6 is 15.9 Å². The van der Waals surface area contributed by atoms with Gasteiger partial charge in [0.1, 0.15) is 6.61 Å². The summed E-state index contributed by atoms with van der Waals surface area (Å²) in [5.74, 6) is -0.0155. The summed E-state index contributed by atoms with van der Waals surface area (Å²) in [4.78, 5) is 11.4. The Kier molecular flexibility index (Phi) is 5.49. The number of carbonyl (C=O) groups excluding carboxylic acids is 1. The Morgan fingerprint density at radius 2 is 2.06 bits per heavy atom. The van der Waals surface area contributed by atoms with Crippen LogP contribution in [0.5, 0.6) is 0 Å². The van der Waals surface area contributed by atoms with Gasteiger partial charge in [-0.15, -0.1) is 0 Å². The van der Waals surface area contributed by atoms with E-state index in [1.807, 2.05) is 31.2 Å². The van der Waals surface area contributed by atoms with E-state index in [9.17, 15) is 4.79 Å². The van der Waals surface area contributed by atoms with E-state index in [1.54, 1.807) is 0 Å². The highest BCUT2D eigenvalue weighted by atomic mass is 79.9. The molecule has 0 aliphatic heterocycles. The largest absolute Gasteiger partial charge is 0.461 e. The van der Waals surface area contributed by atoms with Crippen LogP contribution in [0.15, 0.2) is 28.7 Å². The van der Waals surface area contributed by atoms with Gasteiger partial charge in [-0.1, -0.05) is 35.0 Å².